The molecule has 8 heteroatoms. The minimum atomic E-state index is -3.09. The number of esters is 1. The minimum absolute atomic E-state index is 0.0360. The summed E-state index contributed by atoms with van der Waals surface area (Å²) in [5.41, 5.74) is 3.14. The van der Waals surface area contributed by atoms with Crippen molar-refractivity contribution in [3.63, 3.8) is 0 Å². The van der Waals surface area contributed by atoms with Gasteiger partial charge in [0.15, 0.2) is 16.4 Å². The SMILES string of the molecule is CN(C(=O)COC(=O)c1c2c(nc3ccccc13)CCCCC2)C1CCS(=O)(=O)C1. The average Bonchev–Trinajstić information content (AvgIpc) is 2.94. The van der Waals surface area contributed by atoms with Gasteiger partial charge in [-0.15, -0.1) is 0 Å². The van der Waals surface area contributed by atoms with Crippen LogP contribution in [0.4, 0.5) is 0 Å². The Hall–Kier alpha value is -2.48. The lowest BCUT2D eigenvalue weighted by molar-refractivity contribution is -0.134. The predicted octanol–water partition coefficient (Wildman–Crippen LogP) is 2.31. The van der Waals surface area contributed by atoms with Crippen molar-refractivity contribution in [2.45, 2.75) is 44.6 Å². The van der Waals surface area contributed by atoms with Crippen LogP contribution in [-0.2, 0) is 32.2 Å². The number of ether oxygens (including phenoxy) is 1. The highest BCUT2D eigenvalue weighted by molar-refractivity contribution is 7.91. The summed E-state index contributed by atoms with van der Waals surface area (Å²) < 4.78 is 28.8. The summed E-state index contributed by atoms with van der Waals surface area (Å²) in [6.07, 6.45) is 5.14. The largest absolute Gasteiger partial charge is 0.452 e. The summed E-state index contributed by atoms with van der Waals surface area (Å²) >= 11 is 0. The van der Waals surface area contributed by atoms with Gasteiger partial charge in [0.05, 0.1) is 22.6 Å². The molecular formula is C22H26N2O5S. The maximum Gasteiger partial charge on any atom is 0.339 e. The summed E-state index contributed by atoms with van der Waals surface area (Å²) in [7, 11) is -1.53. The van der Waals surface area contributed by atoms with Gasteiger partial charge in [0, 0.05) is 24.2 Å². The number of carbonyl (C=O) groups excluding carboxylic acids is 2. The van der Waals surface area contributed by atoms with Gasteiger partial charge in [-0.3, -0.25) is 9.78 Å². The number of aromatic nitrogens is 1. The van der Waals surface area contributed by atoms with Crippen LogP contribution in [0.15, 0.2) is 24.3 Å². The molecule has 0 saturated carbocycles. The van der Waals surface area contributed by atoms with E-state index in [2.05, 4.69) is 0 Å². The number of amides is 1. The van der Waals surface area contributed by atoms with Crippen LogP contribution in [0, 0.1) is 0 Å². The summed E-state index contributed by atoms with van der Waals surface area (Å²) in [5, 5.41) is 0.742. The third kappa shape index (κ3) is 4.19. The van der Waals surface area contributed by atoms with Crippen LogP contribution in [0.3, 0.4) is 0 Å². The molecule has 1 amide bonds. The summed E-state index contributed by atoms with van der Waals surface area (Å²) in [6.45, 7) is -0.405. The highest BCUT2D eigenvalue weighted by Crippen LogP contribution is 2.29. The molecule has 2 aliphatic rings. The first-order valence-electron chi connectivity index (χ1n) is 10.4. The third-order valence-corrected chi connectivity index (χ3v) is 7.85. The number of sulfone groups is 1. The van der Waals surface area contributed by atoms with Gasteiger partial charge in [-0.1, -0.05) is 24.6 Å². The molecule has 0 bridgehead atoms. The number of nitrogens with zero attached hydrogens (tertiary/aromatic N) is 2. The van der Waals surface area contributed by atoms with Crippen molar-refractivity contribution in [1.82, 2.24) is 9.88 Å². The molecule has 1 atom stereocenters. The van der Waals surface area contributed by atoms with Gasteiger partial charge >= 0.3 is 5.97 Å². The van der Waals surface area contributed by atoms with Crippen LogP contribution in [0.25, 0.3) is 10.9 Å². The van der Waals surface area contributed by atoms with E-state index in [0.29, 0.717) is 12.0 Å². The zero-order valence-electron chi connectivity index (χ0n) is 17.1. The van der Waals surface area contributed by atoms with E-state index in [4.69, 9.17) is 9.72 Å². The number of pyridine rings is 1. The van der Waals surface area contributed by atoms with Crippen LogP contribution < -0.4 is 0 Å². The fraction of sp³-hybridized carbons (Fsp3) is 0.500. The highest BCUT2D eigenvalue weighted by Gasteiger charge is 2.33. The zero-order chi connectivity index (χ0) is 21.3. The van der Waals surface area contributed by atoms with E-state index in [-0.39, 0.29) is 17.5 Å². The smallest absolute Gasteiger partial charge is 0.339 e. The van der Waals surface area contributed by atoms with Gasteiger partial charge in [0.25, 0.3) is 5.91 Å². The van der Waals surface area contributed by atoms with E-state index < -0.39 is 28.3 Å². The molecule has 1 fully saturated rings. The Kier molecular flexibility index (Phi) is 5.77. The first kappa shape index (κ1) is 20.8. The van der Waals surface area contributed by atoms with E-state index in [0.717, 1.165) is 54.3 Å². The first-order chi connectivity index (χ1) is 14.4. The second-order valence-corrected chi connectivity index (χ2v) is 10.4. The van der Waals surface area contributed by atoms with Gasteiger partial charge in [-0.25, -0.2) is 13.2 Å². The summed E-state index contributed by atoms with van der Waals surface area (Å²) in [6, 6.07) is 7.14. The predicted molar refractivity (Wildman–Crippen MR) is 113 cm³/mol. The standard InChI is InChI=1S/C22H26N2O5S/c1-24(15-11-12-30(27,28)14-15)20(25)13-29-22(26)21-16-7-3-2-4-9-18(16)23-19-10-6-5-8-17(19)21/h5-6,8,10,15H,2-4,7,9,11-14H2,1H3. The molecule has 4 rings (SSSR count). The lowest BCUT2D eigenvalue weighted by atomic mass is 9.97. The van der Waals surface area contributed by atoms with E-state index >= 15 is 0 Å². The van der Waals surface area contributed by atoms with Crippen molar-refractivity contribution in [2.24, 2.45) is 0 Å². The summed E-state index contributed by atoms with van der Waals surface area (Å²) in [4.78, 5) is 31.8. The molecule has 2 aromatic rings. The maximum atomic E-state index is 13.1. The fourth-order valence-corrected chi connectivity index (χ4v) is 6.14. The molecule has 160 valence electrons. The molecule has 1 aromatic heterocycles. The normalized spacial score (nSPS) is 20.4. The molecule has 0 N–H and O–H groups in total. The summed E-state index contributed by atoms with van der Waals surface area (Å²) in [5.74, 6) is -0.863. The average molecular weight is 431 g/mol. The molecule has 1 aliphatic heterocycles. The second kappa shape index (κ2) is 8.34. The zero-order valence-corrected chi connectivity index (χ0v) is 17.9. The minimum Gasteiger partial charge on any atom is -0.452 e. The van der Waals surface area contributed by atoms with E-state index in [1.165, 1.54) is 4.90 Å². The lowest BCUT2D eigenvalue weighted by Crippen LogP contribution is -2.40. The van der Waals surface area contributed by atoms with Gasteiger partial charge < -0.3 is 9.64 Å². The molecule has 1 aromatic carbocycles. The number of likely N-dealkylation sites (N-methyl/N-ethyl adjacent to an activating group) is 1. The molecule has 1 unspecified atom stereocenters. The van der Waals surface area contributed by atoms with Gasteiger partial charge in [0.2, 0.25) is 0 Å². The molecule has 1 aliphatic carbocycles. The maximum absolute atomic E-state index is 13.1. The molecular weight excluding hydrogens is 404 g/mol. The fourth-order valence-electron chi connectivity index (χ4n) is 4.37. The Morgan fingerprint density at radius 3 is 2.70 bits per heavy atom. The van der Waals surface area contributed by atoms with Crippen molar-refractivity contribution < 1.29 is 22.7 Å². The van der Waals surface area contributed by atoms with Crippen molar-refractivity contribution in [3.8, 4) is 0 Å². The number of aryl methyl sites for hydroxylation is 1. The number of fused-ring (bicyclic) bond motifs is 2. The Morgan fingerprint density at radius 2 is 1.93 bits per heavy atom. The van der Waals surface area contributed by atoms with Crippen molar-refractivity contribution in [3.05, 3.63) is 41.1 Å². The van der Waals surface area contributed by atoms with Crippen LogP contribution in [0.5, 0.6) is 0 Å². The van der Waals surface area contributed by atoms with Crippen LogP contribution in [-0.4, -0.2) is 61.4 Å². The van der Waals surface area contributed by atoms with Crippen molar-refractivity contribution >= 4 is 32.6 Å². The monoisotopic (exact) mass is 430 g/mol. The molecule has 0 spiro atoms. The Balaban J connectivity index is 1.55. The van der Waals surface area contributed by atoms with Gasteiger partial charge in [-0.2, -0.15) is 0 Å². The first-order valence-corrected chi connectivity index (χ1v) is 12.2. The quantitative estimate of drug-likeness (QED) is 0.546. The van der Waals surface area contributed by atoms with Crippen LogP contribution >= 0.6 is 0 Å². The van der Waals surface area contributed by atoms with Crippen LogP contribution in [0.1, 0.15) is 47.3 Å². The van der Waals surface area contributed by atoms with E-state index in [1.54, 1.807) is 7.05 Å². The number of benzene rings is 1. The highest BCUT2D eigenvalue weighted by atomic mass is 32.2. The number of para-hydroxylation sites is 1. The van der Waals surface area contributed by atoms with E-state index in [9.17, 15) is 18.0 Å². The number of carbonyl (C=O) groups is 2. The molecule has 7 nitrogen and oxygen atoms in total. The molecule has 0 radical (unpaired) electrons. The molecule has 30 heavy (non-hydrogen) atoms. The lowest BCUT2D eigenvalue weighted by Gasteiger charge is -2.23. The molecule has 2 heterocycles. The Morgan fingerprint density at radius 1 is 1.17 bits per heavy atom. The van der Waals surface area contributed by atoms with Gasteiger partial charge in [-0.05, 0) is 43.7 Å². The van der Waals surface area contributed by atoms with E-state index in [1.807, 2.05) is 24.3 Å². The number of hydrogen-bond acceptors (Lipinski definition) is 6. The molecule has 1 saturated heterocycles. The van der Waals surface area contributed by atoms with Gasteiger partial charge in [0.1, 0.15) is 0 Å². The third-order valence-electron chi connectivity index (χ3n) is 6.10. The number of hydrogen-bond donors (Lipinski definition) is 0. The Bertz CT molecular complexity index is 1100. The van der Waals surface area contributed by atoms with Crippen molar-refractivity contribution in [1.29, 1.82) is 0 Å². The topological polar surface area (TPSA) is 93.6 Å². The number of rotatable bonds is 4. The van der Waals surface area contributed by atoms with Crippen molar-refractivity contribution in [2.75, 3.05) is 25.2 Å². The second-order valence-electron chi connectivity index (χ2n) is 8.13. The Labute approximate surface area is 176 Å². The van der Waals surface area contributed by atoms with Crippen LogP contribution in [0.2, 0.25) is 0 Å².